The van der Waals surface area contributed by atoms with Crippen LogP contribution in [-0.2, 0) is 0 Å². The average molecular weight is 91.8 g/mol. The monoisotopic (exact) mass is 92.1 g/mol. The number of hydrogen-bond acceptors (Lipinski definition) is 0. The van der Waals surface area contributed by atoms with E-state index in [2.05, 4.69) is 33.4 Å². The second-order valence-corrected chi connectivity index (χ2v) is 2.62. The first-order chi connectivity index (χ1) is 3.06. The molecule has 0 unspecified atom stereocenters. The second kappa shape index (κ2) is 2.12. The van der Waals surface area contributed by atoms with Crippen molar-refractivity contribution in [2.45, 2.75) is 19.2 Å². The van der Waals surface area contributed by atoms with Crippen molar-refractivity contribution in [1.82, 2.24) is 0 Å². The van der Waals surface area contributed by atoms with Crippen molar-refractivity contribution in [2.75, 3.05) is 0 Å². The summed E-state index contributed by atoms with van der Waals surface area (Å²) in [6.45, 7) is 4.20. The summed E-state index contributed by atoms with van der Waals surface area (Å²) in [4.78, 5) is 0. The Balaban J connectivity index is 3.72. The van der Waals surface area contributed by atoms with E-state index in [0.29, 0.717) is 0 Å². The molecule has 36 valence electrons. The molecule has 0 radical (unpaired) electrons. The van der Waals surface area contributed by atoms with Gasteiger partial charge in [-0.25, -0.2) is 0 Å². The Labute approximate surface area is 47.5 Å². The fourth-order valence-electron chi connectivity index (χ4n) is 0.375. The minimum Gasteiger partial charge on any atom is -0.165 e. The van der Waals surface area contributed by atoms with Crippen molar-refractivity contribution >= 4 is 15.7 Å². The van der Waals surface area contributed by atoms with Crippen LogP contribution >= 0.6 is 0 Å². The predicted octanol–water partition coefficient (Wildman–Crippen LogP) is -0.588. The predicted molar refractivity (Wildman–Crippen MR) is 38.9 cm³/mol. The highest BCUT2D eigenvalue weighted by atomic mass is 13.9. The molecular formula is C5H10B2. The van der Waals surface area contributed by atoms with Gasteiger partial charge in [-0.1, -0.05) is 13.8 Å². The lowest BCUT2D eigenvalue weighted by molar-refractivity contribution is 0.896. The zero-order valence-corrected chi connectivity index (χ0v) is 5.50. The summed E-state index contributed by atoms with van der Waals surface area (Å²) in [7, 11) is 3.97. The van der Waals surface area contributed by atoms with Crippen LogP contribution in [0.4, 0.5) is 0 Å². The lowest BCUT2D eigenvalue weighted by Crippen LogP contribution is -1.96. The molecule has 0 amide bonds. The molecule has 0 saturated heterocycles. The summed E-state index contributed by atoms with van der Waals surface area (Å²) in [6.07, 6.45) is 0. The lowest BCUT2D eigenvalue weighted by atomic mass is 9.73. The van der Waals surface area contributed by atoms with E-state index in [1.54, 1.807) is 0 Å². The maximum Gasteiger partial charge on any atom is 0.195 e. The van der Waals surface area contributed by atoms with E-state index in [-0.39, 0.29) is 5.31 Å². The smallest absolute Gasteiger partial charge is 0.165 e. The number of rotatable bonds is 0. The van der Waals surface area contributed by atoms with Crippen molar-refractivity contribution in [3.05, 3.63) is 0 Å². The van der Waals surface area contributed by atoms with E-state index in [1.807, 2.05) is 7.85 Å². The molecule has 0 atom stereocenters. The molecule has 0 bridgehead atoms. The zero-order chi connectivity index (χ0) is 5.91. The van der Waals surface area contributed by atoms with Crippen LogP contribution in [0.1, 0.15) is 13.8 Å². The molecule has 0 rings (SSSR count). The van der Waals surface area contributed by atoms with Crippen LogP contribution in [-0.4, -0.2) is 15.7 Å². The van der Waals surface area contributed by atoms with Gasteiger partial charge in [-0.15, -0.1) is 5.92 Å². The second-order valence-electron chi connectivity index (χ2n) is 2.62. The summed E-state index contributed by atoms with van der Waals surface area (Å²) in [5.41, 5.74) is 0. The van der Waals surface area contributed by atoms with Crippen LogP contribution in [0.25, 0.3) is 0 Å². The molecule has 0 aliphatic heterocycles. The molecular weight excluding hydrogens is 81.7 g/mol. The molecule has 0 aromatic heterocycles. The SMILES string of the molecule is BC#CC(B)(C)C. The normalized spacial score (nSPS) is 9.43. The largest absolute Gasteiger partial charge is 0.195 e. The Morgan fingerprint density at radius 2 is 1.86 bits per heavy atom. The highest BCUT2D eigenvalue weighted by Gasteiger charge is 2.01. The topological polar surface area (TPSA) is 0 Å². The lowest BCUT2D eigenvalue weighted by Gasteiger charge is -2.05. The molecule has 0 fully saturated rings. The van der Waals surface area contributed by atoms with Gasteiger partial charge in [-0.05, 0) is 5.31 Å². The maximum atomic E-state index is 3.03. The molecule has 0 spiro atoms. The molecule has 0 heterocycles. The minimum absolute atomic E-state index is 0.189. The molecule has 0 saturated carbocycles. The quantitative estimate of drug-likeness (QED) is 0.276. The van der Waals surface area contributed by atoms with E-state index in [4.69, 9.17) is 0 Å². The fraction of sp³-hybridized carbons (Fsp3) is 0.600. The summed E-state index contributed by atoms with van der Waals surface area (Å²) in [5.74, 6) is 5.89. The molecule has 0 nitrogen and oxygen atoms in total. The Hall–Kier alpha value is -0.310. The van der Waals surface area contributed by atoms with E-state index in [0.717, 1.165) is 0 Å². The third-order valence-corrected chi connectivity index (χ3v) is 0.500. The molecule has 0 aliphatic carbocycles. The molecule has 0 aliphatic rings. The first-order valence-corrected chi connectivity index (χ1v) is 2.50. The zero-order valence-electron chi connectivity index (χ0n) is 5.50. The van der Waals surface area contributed by atoms with Crippen molar-refractivity contribution < 1.29 is 0 Å². The molecule has 0 N–H and O–H groups in total. The van der Waals surface area contributed by atoms with Gasteiger partial charge in [-0.3, -0.25) is 0 Å². The van der Waals surface area contributed by atoms with E-state index >= 15 is 0 Å². The van der Waals surface area contributed by atoms with Crippen molar-refractivity contribution in [1.29, 1.82) is 0 Å². The van der Waals surface area contributed by atoms with E-state index in [1.165, 1.54) is 0 Å². The fourth-order valence-corrected chi connectivity index (χ4v) is 0.375. The Morgan fingerprint density at radius 3 is 1.86 bits per heavy atom. The van der Waals surface area contributed by atoms with Gasteiger partial charge >= 0.3 is 0 Å². The van der Waals surface area contributed by atoms with Gasteiger partial charge in [0.15, 0.2) is 7.85 Å². The van der Waals surface area contributed by atoms with Gasteiger partial charge < -0.3 is 0 Å². The third-order valence-electron chi connectivity index (χ3n) is 0.500. The van der Waals surface area contributed by atoms with E-state index in [9.17, 15) is 0 Å². The van der Waals surface area contributed by atoms with Gasteiger partial charge in [0.25, 0.3) is 0 Å². The van der Waals surface area contributed by atoms with Crippen molar-refractivity contribution in [3.8, 4) is 11.7 Å². The van der Waals surface area contributed by atoms with Crippen LogP contribution < -0.4 is 0 Å². The van der Waals surface area contributed by atoms with E-state index < -0.39 is 0 Å². The van der Waals surface area contributed by atoms with Crippen LogP contribution in [0.15, 0.2) is 0 Å². The van der Waals surface area contributed by atoms with Crippen LogP contribution in [0.2, 0.25) is 5.31 Å². The average Bonchev–Trinajstić information content (AvgIpc) is 1.30. The van der Waals surface area contributed by atoms with Crippen LogP contribution in [0.3, 0.4) is 0 Å². The Bertz CT molecular complexity index is 99.5. The summed E-state index contributed by atoms with van der Waals surface area (Å²) in [5, 5.41) is 0.189. The Morgan fingerprint density at radius 1 is 1.43 bits per heavy atom. The van der Waals surface area contributed by atoms with Gasteiger partial charge in [0.1, 0.15) is 7.85 Å². The summed E-state index contributed by atoms with van der Waals surface area (Å²) < 4.78 is 0. The molecule has 0 aromatic carbocycles. The third kappa shape index (κ3) is 5.69. The van der Waals surface area contributed by atoms with Crippen LogP contribution in [0, 0.1) is 11.7 Å². The highest BCUT2D eigenvalue weighted by Crippen LogP contribution is 2.14. The van der Waals surface area contributed by atoms with Crippen molar-refractivity contribution in [2.24, 2.45) is 0 Å². The van der Waals surface area contributed by atoms with Gasteiger partial charge in [0.2, 0.25) is 0 Å². The summed E-state index contributed by atoms with van der Waals surface area (Å²) in [6, 6.07) is 0. The maximum absolute atomic E-state index is 3.03. The molecule has 2 heteroatoms. The molecule has 7 heavy (non-hydrogen) atoms. The Kier molecular flexibility index (Phi) is 2.02. The standard InChI is InChI=1S/C5H10B2/c1-5(2,7)3-4-6/h6-7H2,1-2H3. The summed E-state index contributed by atoms with van der Waals surface area (Å²) >= 11 is 0. The molecule has 0 aromatic rings. The van der Waals surface area contributed by atoms with Gasteiger partial charge in [0, 0.05) is 0 Å². The first kappa shape index (κ1) is 6.69. The number of hydrogen-bond donors (Lipinski definition) is 0. The van der Waals surface area contributed by atoms with Gasteiger partial charge in [-0.2, -0.15) is 5.82 Å². The minimum atomic E-state index is 0.189. The van der Waals surface area contributed by atoms with Crippen LogP contribution in [0.5, 0.6) is 0 Å². The first-order valence-electron chi connectivity index (χ1n) is 2.50. The van der Waals surface area contributed by atoms with Gasteiger partial charge in [0.05, 0.1) is 0 Å². The highest BCUT2D eigenvalue weighted by molar-refractivity contribution is 6.24. The van der Waals surface area contributed by atoms with Crippen molar-refractivity contribution in [3.63, 3.8) is 0 Å².